The molecule has 0 saturated carbocycles. The number of aromatic nitrogens is 2. The van der Waals surface area contributed by atoms with E-state index in [0.29, 0.717) is 29.9 Å². The summed E-state index contributed by atoms with van der Waals surface area (Å²) in [6, 6.07) is 14.3. The number of hydrogen-bond acceptors (Lipinski definition) is 5. The lowest BCUT2D eigenvalue weighted by atomic mass is 10.1. The van der Waals surface area contributed by atoms with Crippen molar-refractivity contribution in [2.24, 2.45) is 0 Å². The topological polar surface area (TPSA) is 93.2 Å². The zero-order valence-corrected chi connectivity index (χ0v) is 15.9. The molecule has 0 atom stereocenters. The Kier molecular flexibility index (Phi) is 6.16. The lowest BCUT2D eigenvalue weighted by molar-refractivity contribution is -0.123. The van der Waals surface area contributed by atoms with Crippen LogP contribution in [0.2, 0.25) is 0 Å². The molecule has 2 N–H and O–H groups in total. The van der Waals surface area contributed by atoms with E-state index in [1.165, 1.54) is 0 Å². The van der Waals surface area contributed by atoms with Gasteiger partial charge in [0.1, 0.15) is 5.75 Å². The van der Waals surface area contributed by atoms with Gasteiger partial charge in [-0.05, 0) is 44.2 Å². The van der Waals surface area contributed by atoms with Crippen molar-refractivity contribution in [3.63, 3.8) is 0 Å². The van der Waals surface area contributed by atoms with Crippen molar-refractivity contribution in [2.45, 2.75) is 13.8 Å². The first-order valence-corrected chi connectivity index (χ1v) is 9.00. The van der Waals surface area contributed by atoms with Crippen molar-refractivity contribution in [2.75, 3.05) is 19.7 Å². The average Bonchev–Trinajstić information content (AvgIpc) is 2.71. The van der Waals surface area contributed by atoms with Crippen LogP contribution in [-0.2, 0) is 4.79 Å². The molecule has 3 rings (SSSR count). The highest BCUT2D eigenvalue weighted by Crippen LogP contribution is 2.14. The third kappa shape index (κ3) is 5.03. The normalized spacial score (nSPS) is 10.5. The molecule has 28 heavy (non-hydrogen) atoms. The number of hydrogen-bond donors (Lipinski definition) is 2. The summed E-state index contributed by atoms with van der Waals surface area (Å²) in [6.07, 6.45) is 0. The van der Waals surface area contributed by atoms with Crippen LogP contribution in [0.4, 0.5) is 0 Å². The molecule has 0 aliphatic carbocycles. The van der Waals surface area contributed by atoms with Crippen molar-refractivity contribution in [3.8, 4) is 5.75 Å². The van der Waals surface area contributed by atoms with Crippen LogP contribution < -0.4 is 15.4 Å². The van der Waals surface area contributed by atoms with Gasteiger partial charge in [0.15, 0.2) is 6.61 Å². The molecule has 1 heterocycles. The number of para-hydroxylation sites is 1. The SMILES string of the molecule is Cc1nc2ccc(C(=O)NCCNC(=O)COc3ccccc3)cc2nc1C. The van der Waals surface area contributed by atoms with E-state index < -0.39 is 0 Å². The number of fused-ring (bicyclic) bond motifs is 1. The fourth-order valence-electron chi connectivity index (χ4n) is 2.57. The van der Waals surface area contributed by atoms with Gasteiger partial charge in [0.2, 0.25) is 0 Å². The van der Waals surface area contributed by atoms with Gasteiger partial charge in [-0.3, -0.25) is 9.59 Å². The molecule has 1 aromatic heterocycles. The molecule has 0 fully saturated rings. The molecule has 0 spiro atoms. The Labute approximate surface area is 163 Å². The summed E-state index contributed by atoms with van der Waals surface area (Å²) in [4.78, 5) is 33.0. The number of carbonyl (C=O) groups excluding carboxylic acids is 2. The van der Waals surface area contributed by atoms with E-state index in [4.69, 9.17) is 4.74 Å². The summed E-state index contributed by atoms with van der Waals surface area (Å²) < 4.78 is 5.36. The maximum Gasteiger partial charge on any atom is 0.258 e. The van der Waals surface area contributed by atoms with E-state index in [2.05, 4.69) is 20.6 Å². The van der Waals surface area contributed by atoms with Crippen LogP contribution in [0.25, 0.3) is 11.0 Å². The van der Waals surface area contributed by atoms with Gasteiger partial charge in [0.25, 0.3) is 11.8 Å². The second-order valence-electron chi connectivity index (χ2n) is 6.31. The number of benzene rings is 2. The van der Waals surface area contributed by atoms with Crippen molar-refractivity contribution >= 4 is 22.8 Å². The molecule has 0 radical (unpaired) electrons. The summed E-state index contributed by atoms with van der Waals surface area (Å²) >= 11 is 0. The molecule has 7 heteroatoms. The molecule has 0 unspecified atom stereocenters. The van der Waals surface area contributed by atoms with Crippen LogP contribution >= 0.6 is 0 Å². The number of carbonyl (C=O) groups is 2. The zero-order chi connectivity index (χ0) is 19.9. The van der Waals surface area contributed by atoms with E-state index in [-0.39, 0.29) is 18.4 Å². The Morgan fingerprint density at radius 1 is 0.893 bits per heavy atom. The maximum atomic E-state index is 12.3. The molecule has 0 aliphatic heterocycles. The van der Waals surface area contributed by atoms with Crippen molar-refractivity contribution in [1.82, 2.24) is 20.6 Å². The number of nitrogens with one attached hydrogen (secondary N) is 2. The molecular formula is C21H22N4O3. The van der Waals surface area contributed by atoms with E-state index in [1.807, 2.05) is 32.0 Å². The Bertz CT molecular complexity index is 990. The van der Waals surface area contributed by atoms with Gasteiger partial charge in [0.05, 0.1) is 22.4 Å². The molecular weight excluding hydrogens is 356 g/mol. The van der Waals surface area contributed by atoms with Crippen LogP contribution in [0.15, 0.2) is 48.5 Å². The number of ether oxygens (including phenoxy) is 1. The molecule has 7 nitrogen and oxygen atoms in total. The summed E-state index contributed by atoms with van der Waals surface area (Å²) in [7, 11) is 0. The average molecular weight is 378 g/mol. The Morgan fingerprint density at radius 2 is 1.57 bits per heavy atom. The lowest BCUT2D eigenvalue weighted by Crippen LogP contribution is -2.36. The standard InChI is InChI=1S/C21H22N4O3/c1-14-15(2)25-19-12-16(8-9-18(19)24-14)21(27)23-11-10-22-20(26)13-28-17-6-4-3-5-7-17/h3-9,12H,10-11,13H2,1-2H3,(H,22,26)(H,23,27). The Morgan fingerprint density at radius 3 is 2.32 bits per heavy atom. The predicted octanol–water partition coefficient (Wildman–Crippen LogP) is 2.17. The molecule has 2 aromatic carbocycles. The lowest BCUT2D eigenvalue weighted by Gasteiger charge is -2.09. The van der Waals surface area contributed by atoms with Crippen molar-refractivity contribution in [3.05, 3.63) is 65.5 Å². The maximum absolute atomic E-state index is 12.3. The van der Waals surface area contributed by atoms with E-state index in [0.717, 1.165) is 16.9 Å². The number of nitrogens with zero attached hydrogens (tertiary/aromatic N) is 2. The van der Waals surface area contributed by atoms with Crippen molar-refractivity contribution < 1.29 is 14.3 Å². The van der Waals surface area contributed by atoms with Crippen LogP contribution in [0.3, 0.4) is 0 Å². The van der Waals surface area contributed by atoms with Gasteiger partial charge < -0.3 is 15.4 Å². The minimum atomic E-state index is -0.245. The highest BCUT2D eigenvalue weighted by molar-refractivity contribution is 5.97. The largest absolute Gasteiger partial charge is 0.484 e. The monoisotopic (exact) mass is 378 g/mol. The highest BCUT2D eigenvalue weighted by atomic mass is 16.5. The second-order valence-corrected chi connectivity index (χ2v) is 6.31. The Hall–Kier alpha value is -3.48. The fourth-order valence-corrected chi connectivity index (χ4v) is 2.57. The smallest absolute Gasteiger partial charge is 0.258 e. The highest BCUT2D eigenvalue weighted by Gasteiger charge is 2.09. The van der Waals surface area contributed by atoms with Gasteiger partial charge in [-0.15, -0.1) is 0 Å². The molecule has 2 amide bonds. The molecule has 144 valence electrons. The first-order valence-electron chi connectivity index (χ1n) is 9.00. The molecule has 0 saturated heterocycles. The van der Waals surface area contributed by atoms with Crippen LogP contribution in [0.1, 0.15) is 21.7 Å². The fraction of sp³-hybridized carbons (Fsp3) is 0.238. The van der Waals surface area contributed by atoms with E-state index in [1.54, 1.807) is 30.3 Å². The first-order chi connectivity index (χ1) is 13.5. The molecule has 0 aliphatic rings. The number of rotatable bonds is 7. The number of aryl methyl sites for hydroxylation is 2. The summed E-state index contributed by atoms with van der Waals surface area (Å²) in [5.74, 6) is 0.164. The van der Waals surface area contributed by atoms with E-state index in [9.17, 15) is 9.59 Å². The summed E-state index contributed by atoms with van der Waals surface area (Å²) in [5, 5.41) is 5.48. The minimum Gasteiger partial charge on any atom is -0.484 e. The summed E-state index contributed by atoms with van der Waals surface area (Å²) in [5.41, 5.74) is 3.65. The van der Waals surface area contributed by atoms with Gasteiger partial charge >= 0.3 is 0 Å². The third-order valence-electron chi connectivity index (χ3n) is 4.18. The zero-order valence-electron chi connectivity index (χ0n) is 15.9. The van der Waals surface area contributed by atoms with Gasteiger partial charge in [-0.1, -0.05) is 18.2 Å². The predicted molar refractivity (Wildman–Crippen MR) is 106 cm³/mol. The van der Waals surface area contributed by atoms with Crippen molar-refractivity contribution in [1.29, 1.82) is 0 Å². The number of amides is 2. The van der Waals surface area contributed by atoms with Crippen LogP contribution in [-0.4, -0.2) is 41.5 Å². The molecule has 0 bridgehead atoms. The Balaban J connectivity index is 1.44. The second kappa shape index (κ2) is 8.94. The quantitative estimate of drug-likeness (QED) is 0.615. The van der Waals surface area contributed by atoms with Gasteiger partial charge in [0, 0.05) is 18.7 Å². The first kappa shape index (κ1) is 19.3. The minimum absolute atomic E-state index is 0.0694. The van der Waals surface area contributed by atoms with E-state index >= 15 is 0 Å². The van der Waals surface area contributed by atoms with Crippen LogP contribution in [0.5, 0.6) is 5.75 Å². The molecule has 3 aromatic rings. The third-order valence-corrected chi connectivity index (χ3v) is 4.18. The van der Waals surface area contributed by atoms with Gasteiger partial charge in [-0.2, -0.15) is 0 Å². The van der Waals surface area contributed by atoms with Crippen LogP contribution in [0, 0.1) is 13.8 Å². The van der Waals surface area contributed by atoms with Gasteiger partial charge in [-0.25, -0.2) is 9.97 Å². The summed E-state index contributed by atoms with van der Waals surface area (Å²) in [6.45, 7) is 4.35.